The molecule has 2 saturated heterocycles. The zero-order valence-electron chi connectivity index (χ0n) is 17.8. The number of benzene rings is 1. The van der Waals surface area contributed by atoms with E-state index in [1.807, 2.05) is 11.8 Å². The minimum atomic E-state index is -1.40. The predicted octanol–water partition coefficient (Wildman–Crippen LogP) is 1.25. The molecule has 0 radical (unpaired) electrons. The molecule has 0 aliphatic carbocycles. The smallest absolute Gasteiger partial charge is 0.322 e. The fraction of sp³-hybridized carbons (Fsp3) is 0.429. The Morgan fingerprint density at radius 3 is 2.50 bits per heavy atom. The Kier molecular flexibility index (Phi) is 5.57. The molecule has 2 atom stereocenters. The number of aromatic nitrogens is 2. The van der Waals surface area contributed by atoms with Crippen LogP contribution in [0.25, 0.3) is 0 Å². The van der Waals surface area contributed by atoms with Gasteiger partial charge in [0.1, 0.15) is 11.6 Å². The molecule has 2 aliphatic heterocycles. The number of anilines is 1. The van der Waals surface area contributed by atoms with Crippen LogP contribution in [-0.2, 0) is 22.2 Å². The minimum Gasteiger partial charge on any atom is -0.365 e. The van der Waals surface area contributed by atoms with Gasteiger partial charge in [0.2, 0.25) is 5.91 Å². The Hall–Kier alpha value is -3.50. The van der Waals surface area contributed by atoms with E-state index in [-0.39, 0.29) is 24.8 Å². The van der Waals surface area contributed by atoms with Crippen LogP contribution in [0.2, 0.25) is 0 Å². The van der Waals surface area contributed by atoms with Gasteiger partial charge >= 0.3 is 6.03 Å². The maximum atomic E-state index is 13.6. The number of piperazine rings is 1. The van der Waals surface area contributed by atoms with Crippen molar-refractivity contribution in [3.05, 3.63) is 48.1 Å². The maximum Gasteiger partial charge on any atom is 0.322 e. The van der Waals surface area contributed by atoms with Crippen molar-refractivity contribution in [2.75, 3.05) is 24.5 Å². The van der Waals surface area contributed by atoms with E-state index in [0.29, 0.717) is 31.0 Å². The second kappa shape index (κ2) is 8.21. The quantitative estimate of drug-likeness (QED) is 0.674. The number of hydrogen-bond acceptors (Lipinski definition) is 5. The molecule has 4 rings (SSSR count). The lowest BCUT2D eigenvalue weighted by Gasteiger charge is -2.41. The Bertz CT molecular complexity index is 1050. The molecule has 1 aromatic carbocycles. The second-order valence-corrected chi connectivity index (χ2v) is 8.25. The molecule has 9 nitrogen and oxygen atoms in total. The van der Waals surface area contributed by atoms with E-state index in [0.717, 1.165) is 6.07 Å². The molecule has 2 N–H and O–H groups in total. The highest BCUT2D eigenvalue weighted by atomic mass is 19.1. The Balaban J connectivity index is 1.43. The molecule has 1 unspecified atom stereocenters. The molecular formula is C21H24F2N6O3. The van der Waals surface area contributed by atoms with E-state index >= 15 is 0 Å². The first-order valence-electron chi connectivity index (χ1n) is 10.3. The molecule has 1 aromatic heterocycles. The summed E-state index contributed by atoms with van der Waals surface area (Å²) in [5, 5.41) is 4.86. The highest BCUT2D eigenvalue weighted by Crippen LogP contribution is 2.30. The van der Waals surface area contributed by atoms with Crippen molar-refractivity contribution in [1.29, 1.82) is 0 Å². The van der Waals surface area contributed by atoms with Crippen molar-refractivity contribution in [2.45, 2.75) is 31.3 Å². The number of nitrogens with zero attached hydrogens (tertiary/aromatic N) is 4. The van der Waals surface area contributed by atoms with E-state index in [2.05, 4.69) is 15.6 Å². The Morgan fingerprint density at radius 1 is 1.22 bits per heavy atom. The first-order valence-corrected chi connectivity index (χ1v) is 10.3. The first kappa shape index (κ1) is 21.7. The molecule has 4 amide bonds. The summed E-state index contributed by atoms with van der Waals surface area (Å²) in [5.41, 5.74) is -0.607. The van der Waals surface area contributed by atoms with Gasteiger partial charge < -0.3 is 19.7 Å². The van der Waals surface area contributed by atoms with E-state index in [4.69, 9.17) is 0 Å². The van der Waals surface area contributed by atoms with Crippen LogP contribution in [0.4, 0.5) is 19.3 Å². The van der Waals surface area contributed by atoms with Crippen molar-refractivity contribution in [1.82, 2.24) is 25.1 Å². The summed E-state index contributed by atoms with van der Waals surface area (Å²) >= 11 is 0. The predicted molar refractivity (Wildman–Crippen MR) is 111 cm³/mol. The van der Waals surface area contributed by atoms with Crippen molar-refractivity contribution < 1.29 is 23.2 Å². The maximum absolute atomic E-state index is 13.6. The van der Waals surface area contributed by atoms with Crippen LogP contribution >= 0.6 is 0 Å². The summed E-state index contributed by atoms with van der Waals surface area (Å²) in [5.74, 6) is -2.02. The molecule has 0 bridgehead atoms. The number of carbonyl (C=O) groups is 3. The fourth-order valence-corrected chi connectivity index (χ4v) is 4.33. The van der Waals surface area contributed by atoms with Crippen LogP contribution in [0, 0.1) is 11.6 Å². The summed E-state index contributed by atoms with van der Waals surface area (Å²) in [6, 6.07) is 2.58. The van der Waals surface area contributed by atoms with E-state index in [1.54, 1.807) is 22.7 Å². The summed E-state index contributed by atoms with van der Waals surface area (Å²) < 4.78 is 28.9. The number of halogens is 2. The van der Waals surface area contributed by atoms with Gasteiger partial charge in [-0.25, -0.2) is 18.6 Å². The number of carbonyl (C=O) groups excluding carboxylic acids is 3. The summed E-state index contributed by atoms with van der Waals surface area (Å²) in [7, 11) is 1.75. The number of urea groups is 1. The van der Waals surface area contributed by atoms with Crippen LogP contribution < -0.4 is 15.5 Å². The third kappa shape index (κ3) is 4.02. The highest BCUT2D eigenvalue weighted by Gasteiger charge is 2.49. The lowest BCUT2D eigenvalue weighted by Crippen LogP contribution is -2.54. The van der Waals surface area contributed by atoms with Gasteiger partial charge in [-0.1, -0.05) is 0 Å². The number of aryl methyl sites for hydroxylation is 1. The number of imide groups is 1. The topological polar surface area (TPSA) is 99.6 Å². The van der Waals surface area contributed by atoms with Gasteiger partial charge in [0.15, 0.2) is 5.54 Å². The number of nitrogens with one attached hydrogen (secondary N) is 2. The SMILES string of the molecule is C[C@H]1CN(C(=O)CCC2(c3cn(C)cn3)NC(=O)NC2=O)CCN1c1cc(F)cc(F)c1. The average Bonchev–Trinajstić information content (AvgIpc) is 3.28. The van der Waals surface area contributed by atoms with E-state index < -0.39 is 29.1 Å². The summed E-state index contributed by atoms with van der Waals surface area (Å²) in [4.78, 5) is 45.1. The van der Waals surface area contributed by atoms with Gasteiger partial charge in [-0.15, -0.1) is 0 Å². The normalized spacial score (nSPS) is 23.3. The second-order valence-electron chi connectivity index (χ2n) is 8.25. The van der Waals surface area contributed by atoms with Gasteiger partial charge in [-0.3, -0.25) is 14.9 Å². The van der Waals surface area contributed by atoms with Crippen LogP contribution in [0.1, 0.15) is 25.5 Å². The first-order chi connectivity index (χ1) is 15.2. The number of rotatable bonds is 5. The third-order valence-electron chi connectivity index (χ3n) is 5.96. The fourth-order valence-electron chi connectivity index (χ4n) is 4.33. The van der Waals surface area contributed by atoms with Crippen LogP contribution in [0.3, 0.4) is 0 Å². The lowest BCUT2D eigenvalue weighted by atomic mass is 9.89. The molecule has 2 aliphatic rings. The molecule has 2 aromatic rings. The van der Waals surface area contributed by atoms with Crippen molar-refractivity contribution >= 4 is 23.5 Å². The zero-order chi connectivity index (χ0) is 23.0. The highest BCUT2D eigenvalue weighted by molar-refractivity contribution is 6.07. The molecule has 0 spiro atoms. The summed E-state index contributed by atoms with van der Waals surface area (Å²) in [6.45, 7) is 3.03. The van der Waals surface area contributed by atoms with Crippen molar-refractivity contribution in [3.8, 4) is 0 Å². The minimum absolute atomic E-state index is 0.0194. The lowest BCUT2D eigenvalue weighted by molar-refractivity contribution is -0.133. The number of amides is 4. The Labute approximate surface area is 183 Å². The van der Waals surface area contributed by atoms with E-state index in [9.17, 15) is 23.2 Å². The molecule has 11 heteroatoms. The third-order valence-corrected chi connectivity index (χ3v) is 5.96. The van der Waals surface area contributed by atoms with Crippen molar-refractivity contribution in [2.24, 2.45) is 7.05 Å². The van der Waals surface area contributed by atoms with E-state index in [1.165, 1.54) is 18.5 Å². The number of imidazole rings is 1. The van der Waals surface area contributed by atoms with Crippen molar-refractivity contribution in [3.63, 3.8) is 0 Å². The van der Waals surface area contributed by atoms with Crippen LogP contribution in [-0.4, -0.2) is 58.0 Å². The van der Waals surface area contributed by atoms with Crippen LogP contribution in [0.15, 0.2) is 30.7 Å². The largest absolute Gasteiger partial charge is 0.365 e. The monoisotopic (exact) mass is 446 g/mol. The molecule has 0 saturated carbocycles. The molecule has 32 heavy (non-hydrogen) atoms. The average molecular weight is 446 g/mol. The zero-order valence-corrected chi connectivity index (χ0v) is 17.8. The van der Waals surface area contributed by atoms with Gasteiger partial charge in [-0.05, 0) is 25.5 Å². The molecule has 3 heterocycles. The molecule has 170 valence electrons. The van der Waals surface area contributed by atoms with Gasteiger partial charge in [0.25, 0.3) is 5.91 Å². The Morgan fingerprint density at radius 2 is 1.94 bits per heavy atom. The van der Waals surface area contributed by atoms with Gasteiger partial charge in [0.05, 0.1) is 12.0 Å². The number of hydrogen-bond donors (Lipinski definition) is 2. The van der Waals surface area contributed by atoms with Gasteiger partial charge in [-0.2, -0.15) is 0 Å². The molecule has 2 fully saturated rings. The molecular weight excluding hydrogens is 422 g/mol. The standard InChI is InChI=1S/C21H24F2N6O3/c1-13-10-28(5-6-29(13)16-8-14(22)7-15(23)9-16)18(30)3-4-21(17-11-27(2)12-24-17)19(31)25-20(32)26-21/h7-9,11-13H,3-6,10H2,1-2H3,(H2,25,26,31,32)/t13-,21?/m0/s1. The summed E-state index contributed by atoms with van der Waals surface area (Å²) in [6.07, 6.45) is 3.23. The van der Waals surface area contributed by atoms with Crippen LogP contribution in [0.5, 0.6) is 0 Å². The van der Waals surface area contributed by atoms with Gasteiger partial charge in [0, 0.05) is 57.1 Å².